The van der Waals surface area contributed by atoms with Gasteiger partial charge in [0.2, 0.25) is 5.91 Å². The number of aryl methyl sites for hydroxylation is 1. The zero-order valence-electron chi connectivity index (χ0n) is 16.5. The highest BCUT2D eigenvalue weighted by atomic mass is 32.2. The van der Waals surface area contributed by atoms with Gasteiger partial charge in [0, 0.05) is 6.54 Å². The van der Waals surface area contributed by atoms with Crippen molar-refractivity contribution in [3.63, 3.8) is 0 Å². The van der Waals surface area contributed by atoms with Crippen LogP contribution in [-0.4, -0.2) is 38.0 Å². The van der Waals surface area contributed by atoms with E-state index in [9.17, 15) is 9.59 Å². The Hall–Kier alpha value is -3.39. The first-order valence-corrected chi connectivity index (χ1v) is 10.6. The van der Waals surface area contributed by atoms with Gasteiger partial charge in [0.05, 0.1) is 17.6 Å². The number of aromatic amines is 1. The predicted octanol–water partition coefficient (Wildman–Crippen LogP) is 2.87. The molecule has 4 aromatic rings. The lowest BCUT2D eigenvalue weighted by molar-refractivity contribution is -0.118. The zero-order valence-corrected chi connectivity index (χ0v) is 17.3. The molecule has 152 valence electrons. The third-order valence-corrected chi connectivity index (χ3v) is 5.61. The second-order valence-electron chi connectivity index (χ2n) is 6.82. The number of amides is 1. The van der Waals surface area contributed by atoms with Crippen molar-refractivity contribution in [1.29, 1.82) is 0 Å². The largest absolute Gasteiger partial charge is 0.355 e. The quantitative estimate of drug-likeness (QED) is 0.355. The van der Waals surface area contributed by atoms with Gasteiger partial charge in [0.25, 0.3) is 5.56 Å². The number of aromatic nitrogens is 4. The molecule has 0 bridgehead atoms. The zero-order chi connectivity index (χ0) is 20.9. The van der Waals surface area contributed by atoms with Crippen LogP contribution in [0.2, 0.25) is 0 Å². The number of hydrogen-bond donors (Lipinski definition) is 2. The van der Waals surface area contributed by atoms with E-state index in [1.165, 1.54) is 29.1 Å². The topological polar surface area (TPSA) is 92.7 Å². The van der Waals surface area contributed by atoms with Crippen LogP contribution in [0.15, 0.2) is 70.7 Å². The van der Waals surface area contributed by atoms with E-state index in [0.717, 1.165) is 12.1 Å². The minimum absolute atomic E-state index is 0.104. The standard InChI is InChI=1S/C22H21N5O2S/c1-15-7-5-6-8-16(15)11-12-23-19(28)14-30-22-25-20-18(21(29)26-22)13-24-27(20)17-9-3-2-4-10-17/h2-10,13H,11-12,14H2,1H3,(H,23,28)(H,25,26,29). The molecule has 0 aliphatic heterocycles. The van der Waals surface area contributed by atoms with Gasteiger partial charge in [-0.15, -0.1) is 0 Å². The van der Waals surface area contributed by atoms with Crippen molar-refractivity contribution in [1.82, 2.24) is 25.1 Å². The molecule has 1 amide bonds. The van der Waals surface area contributed by atoms with Gasteiger partial charge in [-0.2, -0.15) is 5.10 Å². The summed E-state index contributed by atoms with van der Waals surface area (Å²) in [6, 6.07) is 17.6. The lowest BCUT2D eigenvalue weighted by Gasteiger charge is -2.07. The summed E-state index contributed by atoms with van der Waals surface area (Å²) in [6.45, 7) is 2.62. The van der Waals surface area contributed by atoms with Gasteiger partial charge >= 0.3 is 0 Å². The van der Waals surface area contributed by atoms with Crippen molar-refractivity contribution in [3.8, 4) is 5.69 Å². The molecule has 2 aromatic carbocycles. The lowest BCUT2D eigenvalue weighted by atomic mass is 10.1. The monoisotopic (exact) mass is 419 g/mol. The van der Waals surface area contributed by atoms with Crippen molar-refractivity contribution in [2.75, 3.05) is 12.3 Å². The maximum Gasteiger partial charge on any atom is 0.262 e. The molecule has 2 N–H and O–H groups in total. The molecule has 0 unspecified atom stereocenters. The van der Waals surface area contributed by atoms with Crippen LogP contribution in [0.3, 0.4) is 0 Å². The Morgan fingerprint density at radius 1 is 1.13 bits per heavy atom. The normalized spacial score (nSPS) is 11.0. The van der Waals surface area contributed by atoms with Crippen LogP contribution in [0.4, 0.5) is 0 Å². The first-order valence-electron chi connectivity index (χ1n) is 9.59. The number of H-pyrrole nitrogens is 1. The van der Waals surface area contributed by atoms with Gasteiger partial charge in [0.15, 0.2) is 10.8 Å². The summed E-state index contributed by atoms with van der Waals surface area (Å²) in [4.78, 5) is 31.8. The number of nitrogens with one attached hydrogen (secondary N) is 2. The number of benzene rings is 2. The summed E-state index contributed by atoms with van der Waals surface area (Å²) in [5, 5.41) is 8.00. The minimum atomic E-state index is -0.273. The van der Waals surface area contributed by atoms with E-state index in [1.54, 1.807) is 4.68 Å². The van der Waals surface area contributed by atoms with Crippen molar-refractivity contribution in [3.05, 3.63) is 82.3 Å². The molecule has 0 spiro atoms. The summed E-state index contributed by atoms with van der Waals surface area (Å²) in [7, 11) is 0. The van der Waals surface area contributed by atoms with Crippen LogP contribution in [0.5, 0.6) is 0 Å². The van der Waals surface area contributed by atoms with Crippen molar-refractivity contribution in [2.45, 2.75) is 18.5 Å². The van der Waals surface area contributed by atoms with E-state index < -0.39 is 0 Å². The molecule has 0 aliphatic carbocycles. The van der Waals surface area contributed by atoms with Gasteiger partial charge in [-0.05, 0) is 36.6 Å². The lowest BCUT2D eigenvalue weighted by Crippen LogP contribution is -2.27. The van der Waals surface area contributed by atoms with Crippen LogP contribution in [0.1, 0.15) is 11.1 Å². The van der Waals surface area contributed by atoms with E-state index >= 15 is 0 Å². The first-order chi connectivity index (χ1) is 14.6. The Morgan fingerprint density at radius 3 is 2.70 bits per heavy atom. The molecule has 30 heavy (non-hydrogen) atoms. The highest BCUT2D eigenvalue weighted by molar-refractivity contribution is 7.99. The number of para-hydroxylation sites is 1. The van der Waals surface area contributed by atoms with Crippen molar-refractivity contribution in [2.24, 2.45) is 0 Å². The number of carbonyl (C=O) groups excluding carboxylic acids is 1. The molecule has 0 fully saturated rings. The molecule has 4 rings (SSSR count). The maximum atomic E-state index is 12.4. The van der Waals surface area contributed by atoms with Crippen LogP contribution in [-0.2, 0) is 11.2 Å². The fourth-order valence-electron chi connectivity index (χ4n) is 3.14. The Bertz CT molecular complexity index is 1230. The fourth-order valence-corrected chi connectivity index (χ4v) is 3.82. The Kier molecular flexibility index (Phi) is 5.94. The summed E-state index contributed by atoms with van der Waals surface area (Å²) in [5.41, 5.74) is 3.44. The number of thioether (sulfide) groups is 1. The van der Waals surface area contributed by atoms with Crippen molar-refractivity contribution >= 4 is 28.7 Å². The molecule has 0 radical (unpaired) electrons. The van der Waals surface area contributed by atoms with Gasteiger partial charge in [-0.25, -0.2) is 9.67 Å². The molecular weight excluding hydrogens is 398 g/mol. The Labute approximate surface area is 177 Å². The van der Waals surface area contributed by atoms with Crippen LogP contribution >= 0.6 is 11.8 Å². The number of fused-ring (bicyclic) bond motifs is 1. The average molecular weight is 420 g/mol. The number of carbonyl (C=O) groups is 1. The minimum Gasteiger partial charge on any atom is -0.355 e. The molecule has 0 aliphatic rings. The van der Waals surface area contributed by atoms with E-state index in [-0.39, 0.29) is 17.2 Å². The molecule has 2 heterocycles. The molecule has 2 aromatic heterocycles. The van der Waals surface area contributed by atoms with E-state index in [0.29, 0.717) is 22.7 Å². The van der Waals surface area contributed by atoms with E-state index in [4.69, 9.17) is 0 Å². The van der Waals surface area contributed by atoms with Crippen LogP contribution in [0, 0.1) is 6.92 Å². The van der Waals surface area contributed by atoms with Crippen molar-refractivity contribution < 1.29 is 4.79 Å². The second kappa shape index (κ2) is 8.96. The highest BCUT2D eigenvalue weighted by Crippen LogP contribution is 2.17. The fraction of sp³-hybridized carbons (Fsp3) is 0.182. The summed E-state index contributed by atoms with van der Waals surface area (Å²) >= 11 is 1.19. The van der Waals surface area contributed by atoms with Gasteiger partial charge in [-0.1, -0.05) is 54.2 Å². The molecule has 8 heteroatoms. The van der Waals surface area contributed by atoms with Crippen LogP contribution in [0.25, 0.3) is 16.7 Å². The Morgan fingerprint density at radius 2 is 1.90 bits per heavy atom. The van der Waals surface area contributed by atoms with Crippen LogP contribution < -0.4 is 10.9 Å². The van der Waals surface area contributed by atoms with E-state index in [1.807, 2.05) is 42.5 Å². The third-order valence-electron chi connectivity index (χ3n) is 4.73. The van der Waals surface area contributed by atoms with Gasteiger partial charge in [-0.3, -0.25) is 9.59 Å². The van der Waals surface area contributed by atoms with Gasteiger partial charge in [0.1, 0.15) is 5.39 Å². The predicted molar refractivity (Wildman–Crippen MR) is 118 cm³/mol. The van der Waals surface area contributed by atoms with E-state index in [2.05, 4.69) is 39.4 Å². The Balaban J connectivity index is 1.41. The molecule has 0 atom stereocenters. The molecule has 0 saturated heterocycles. The average Bonchev–Trinajstić information content (AvgIpc) is 3.19. The number of hydrogen-bond acceptors (Lipinski definition) is 5. The smallest absolute Gasteiger partial charge is 0.262 e. The summed E-state index contributed by atoms with van der Waals surface area (Å²) in [5.74, 6) is 0.0645. The maximum absolute atomic E-state index is 12.4. The number of rotatable bonds is 7. The second-order valence-corrected chi connectivity index (χ2v) is 7.78. The number of nitrogens with zero attached hydrogens (tertiary/aromatic N) is 3. The third kappa shape index (κ3) is 4.44. The summed E-state index contributed by atoms with van der Waals surface area (Å²) in [6.07, 6.45) is 2.28. The SMILES string of the molecule is Cc1ccccc1CCNC(=O)CSc1nc2c(cnn2-c2ccccc2)c(=O)[nH]1. The molecular formula is C22H21N5O2S. The molecule has 0 saturated carbocycles. The van der Waals surface area contributed by atoms with Gasteiger partial charge < -0.3 is 10.3 Å². The first kappa shape index (κ1) is 19.9. The highest BCUT2D eigenvalue weighted by Gasteiger charge is 2.13. The molecule has 7 nitrogen and oxygen atoms in total. The summed E-state index contributed by atoms with van der Waals surface area (Å²) < 4.78 is 1.62.